The highest BCUT2D eigenvalue weighted by Gasteiger charge is 2.11. The highest BCUT2D eigenvalue weighted by Crippen LogP contribution is 2.25. The van der Waals surface area contributed by atoms with E-state index >= 15 is 0 Å². The number of fused-ring (bicyclic) bond motifs is 1. The fourth-order valence-electron chi connectivity index (χ4n) is 2.31. The first kappa shape index (κ1) is 13.4. The van der Waals surface area contributed by atoms with Gasteiger partial charge in [-0.1, -0.05) is 24.3 Å². The molecule has 1 aromatic heterocycles. The molecular weight excluding hydrogens is 267 g/mol. The summed E-state index contributed by atoms with van der Waals surface area (Å²) in [5, 5.41) is 0.978. The number of benzene rings is 2. The Labute approximate surface area is 122 Å². The maximum atomic E-state index is 13.0. The van der Waals surface area contributed by atoms with E-state index in [1.54, 1.807) is 26.2 Å². The van der Waals surface area contributed by atoms with E-state index in [0.29, 0.717) is 5.69 Å². The van der Waals surface area contributed by atoms with Gasteiger partial charge < -0.3 is 9.88 Å². The van der Waals surface area contributed by atoms with Gasteiger partial charge in [0.2, 0.25) is 0 Å². The molecule has 21 heavy (non-hydrogen) atoms. The lowest BCUT2D eigenvalue weighted by Gasteiger charge is -2.07. The number of carbonyl (C=O) groups is 1. The molecule has 4 heteroatoms. The average molecular weight is 282 g/mol. The summed E-state index contributed by atoms with van der Waals surface area (Å²) in [6, 6.07) is 14.1. The number of amides is 1. The van der Waals surface area contributed by atoms with Crippen LogP contribution in [-0.4, -0.2) is 29.9 Å². The van der Waals surface area contributed by atoms with Crippen molar-refractivity contribution in [1.29, 1.82) is 0 Å². The minimum atomic E-state index is -0.251. The normalized spacial score (nSPS) is 10.8. The Hall–Kier alpha value is -2.62. The predicted molar refractivity (Wildman–Crippen MR) is 81.7 cm³/mol. The van der Waals surface area contributed by atoms with Crippen LogP contribution in [0.15, 0.2) is 48.5 Å². The monoisotopic (exact) mass is 282 g/mol. The number of nitrogens with zero attached hydrogens (tertiary/aromatic N) is 1. The average Bonchev–Trinajstić information content (AvgIpc) is 2.89. The van der Waals surface area contributed by atoms with E-state index < -0.39 is 0 Å². The zero-order valence-electron chi connectivity index (χ0n) is 11.9. The van der Waals surface area contributed by atoms with E-state index in [4.69, 9.17) is 0 Å². The fraction of sp³-hybridized carbons (Fsp3) is 0.118. The molecule has 1 amide bonds. The Bertz CT molecular complexity index is 803. The van der Waals surface area contributed by atoms with Crippen LogP contribution in [0.2, 0.25) is 0 Å². The Morgan fingerprint density at radius 2 is 1.67 bits per heavy atom. The van der Waals surface area contributed by atoms with Crippen molar-refractivity contribution in [1.82, 2.24) is 9.88 Å². The predicted octanol–water partition coefficient (Wildman–Crippen LogP) is 3.68. The number of rotatable bonds is 2. The van der Waals surface area contributed by atoms with E-state index in [-0.39, 0.29) is 11.7 Å². The number of hydrogen-bond acceptors (Lipinski definition) is 1. The van der Waals surface area contributed by atoms with Crippen LogP contribution < -0.4 is 0 Å². The third kappa shape index (κ3) is 2.52. The van der Waals surface area contributed by atoms with Crippen LogP contribution in [0.1, 0.15) is 10.5 Å². The Kier molecular flexibility index (Phi) is 3.22. The SMILES string of the molecule is CN(C)C(=O)c1cc2ccc(-c3ccc(F)cc3)cc2[nH]1. The first-order chi connectivity index (χ1) is 10.0. The number of aromatic nitrogens is 1. The van der Waals surface area contributed by atoms with Gasteiger partial charge in [0.05, 0.1) is 0 Å². The maximum absolute atomic E-state index is 13.0. The van der Waals surface area contributed by atoms with Crippen LogP contribution >= 0.6 is 0 Å². The molecule has 2 aromatic carbocycles. The number of halogens is 1. The van der Waals surface area contributed by atoms with E-state index in [0.717, 1.165) is 22.0 Å². The molecular formula is C17H15FN2O. The van der Waals surface area contributed by atoms with E-state index in [1.165, 1.54) is 17.0 Å². The summed E-state index contributed by atoms with van der Waals surface area (Å²) >= 11 is 0. The van der Waals surface area contributed by atoms with Gasteiger partial charge in [-0.2, -0.15) is 0 Å². The highest BCUT2D eigenvalue weighted by molar-refractivity contribution is 5.98. The van der Waals surface area contributed by atoms with Crippen molar-refractivity contribution in [2.45, 2.75) is 0 Å². The molecule has 0 aliphatic rings. The van der Waals surface area contributed by atoms with Gasteiger partial charge in [-0.05, 0) is 35.4 Å². The van der Waals surface area contributed by atoms with Gasteiger partial charge >= 0.3 is 0 Å². The maximum Gasteiger partial charge on any atom is 0.269 e. The molecule has 106 valence electrons. The quantitative estimate of drug-likeness (QED) is 0.764. The third-order valence-corrected chi connectivity index (χ3v) is 3.44. The van der Waals surface area contributed by atoms with Crippen LogP contribution in [0.25, 0.3) is 22.0 Å². The largest absolute Gasteiger partial charge is 0.351 e. The van der Waals surface area contributed by atoms with Crippen molar-refractivity contribution < 1.29 is 9.18 Å². The summed E-state index contributed by atoms with van der Waals surface area (Å²) in [5.74, 6) is -0.312. The summed E-state index contributed by atoms with van der Waals surface area (Å²) in [6.07, 6.45) is 0. The molecule has 3 rings (SSSR count). The lowest BCUT2D eigenvalue weighted by Crippen LogP contribution is -2.21. The standard InChI is InChI=1S/C17H15FN2O/c1-20(2)17(21)16-10-13-4-3-12(9-15(13)19-16)11-5-7-14(18)8-6-11/h3-10,19H,1-2H3. The van der Waals surface area contributed by atoms with Crippen molar-refractivity contribution >= 4 is 16.8 Å². The first-order valence-electron chi connectivity index (χ1n) is 6.65. The summed E-state index contributed by atoms with van der Waals surface area (Å²) in [7, 11) is 3.44. The second kappa shape index (κ2) is 5.05. The minimum Gasteiger partial charge on any atom is -0.351 e. The number of aromatic amines is 1. The van der Waals surface area contributed by atoms with Crippen molar-refractivity contribution in [2.24, 2.45) is 0 Å². The number of nitrogens with one attached hydrogen (secondary N) is 1. The van der Waals surface area contributed by atoms with Crippen molar-refractivity contribution in [3.05, 3.63) is 60.0 Å². The van der Waals surface area contributed by atoms with Gasteiger partial charge in [0.15, 0.2) is 0 Å². The van der Waals surface area contributed by atoms with Crippen molar-refractivity contribution in [3.63, 3.8) is 0 Å². The summed E-state index contributed by atoms with van der Waals surface area (Å²) in [6.45, 7) is 0. The topological polar surface area (TPSA) is 36.1 Å². The van der Waals surface area contributed by atoms with Gasteiger partial charge in [0.1, 0.15) is 11.5 Å². The zero-order chi connectivity index (χ0) is 15.0. The molecule has 3 nitrogen and oxygen atoms in total. The number of hydrogen-bond donors (Lipinski definition) is 1. The van der Waals surface area contributed by atoms with Crippen LogP contribution in [0, 0.1) is 5.82 Å². The molecule has 0 radical (unpaired) electrons. The Morgan fingerprint density at radius 3 is 2.33 bits per heavy atom. The lowest BCUT2D eigenvalue weighted by molar-refractivity contribution is 0.0823. The molecule has 0 saturated carbocycles. The van der Waals surface area contributed by atoms with Crippen LogP contribution in [-0.2, 0) is 0 Å². The van der Waals surface area contributed by atoms with Gasteiger partial charge in [-0.25, -0.2) is 4.39 Å². The molecule has 1 N–H and O–H groups in total. The lowest BCUT2D eigenvalue weighted by atomic mass is 10.0. The first-order valence-corrected chi connectivity index (χ1v) is 6.65. The molecule has 3 aromatic rings. The molecule has 0 bridgehead atoms. The second-order valence-corrected chi connectivity index (χ2v) is 5.19. The van der Waals surface area contributed by atoms with Crippen LogP contribution in [0.4, 0.5) is 4.39 Å². The highest BCUT2D eigenvalue weighted by atomic mass is 19.1. The molecule has 0 saturated heterocycles. The molecule has 0 unspecified atom stereocenters. The van der Waals surface area contributed by atoms with Crippen molar-refractivity contribution in [2.75, 3.05) is 14.1 Å². The third-order valence-electron chi connectivity index (χ3n) is 3.44. The van der Waals surface area contributed by atoms with Gasteiger partial charge in [0.25, 0.3) is 5.91 Å². The van der Waals surface area contributed by atoms with E-state index in [1.807, 2.05) is 24.3 Å². The van der Waals surface area contributed by atoms with Gasteiger partial charge in [-0.15, -0.1) is 0 Å². The van der Waals surface area contributed by atoms with Crippen LogP contribution in [0.5, 0.6) is 0 Å². The second-order valence-electron chi connectivity index (χ2n) is 5.19. The van der Waals surface area contributed by atoms with Crippen molar-refractivity contribution in [3.8, 4) is 11.1 Å². The van der Waals surface area contributed by atoms with Gasteiger partial charge in [0, 0.05) is 25.0 Å². The molecule has 1 heterocycles. The Morgan fingerprint density at radius 1 is 1.00 bits per heavy atom. The fourth-order valence-corrected chi connectivity index (χ4v) is 2.31. The van der Waals surface area contributed by atoms with E-state index in [2.05, 4.69) is 4.98 Å². The molecule has 0 aliphatic carbocycles. The molecule has 0 aliphatic heterocycles. The van der Waals surface area contributed by atoms with Gasteiger partial charge in [-0.3, -0.25) is 4.79 Å². The minimum absolute atomic E-state index is 0.0606. The summed E-state index contributed by atoms with van der Waals surface area (Å²) in [5.41, 5.74) is 3.37. The van der Waals surface area contributed by atoms with Crippen LogP contribution in [0.3, 0.4) is 0 Å². The Balaban J connectivity index is 2.04. The summed E-state index contributed by atoms with van der Waals surface area (Å²) < 4.78 is 13.0. The molecule has 0 spiro atoms. The smallest absolute Gasteiger partial charge is 0.269 e. The summed E-state index contributed by atoms with van der Waals surface area (Å²) in [4.78, 5) is 16.6. The number of carbonyl (C=O) groups excluding carboxylic acids is 1. The molecule has 0 fully saturated rings. The number of H-pyrrole nitrogens is 1. The zero-order valence-corrected chi connectivity index (χ0v) is 11.9. The van der Waals surface area contributed by atoms with E-state index in [9.17, 15) is 9.18 Å². The molecule has 0 atom stereocenters.